The van der Waals surface area contributed by atoms with Crippen LogP contribution in [0.4, 0.5) is 0 Å². The maximum Gasteiger partial charge on any atom is 0.338 e. The van der Waals surface area contributed by atoms with Gasteiger partial charge in [0.05, 0.1) is 30.5 Å². The Morgan fingerprint density at radius 1 is 1.00 bits per heavy atom. The molecule has 1 fully saturated rings. The zero-order valence-corrected chi connectivity index (χ0v) is 17.4. The van der Waals surface area contributed by atoms with Gasteiger partial charge in [-0.15, -0.1) is 0 Å². The van der Waals surface area contributed by atoms with E-state index in [-0.39, 0.29) is 17.9 Å². The van der Waals surface area contributed by atoms with Crippen molar-refractivity contribution < 1.29 is 54.4 Å². The van der Waals surface area contributed by atoms with Gasteiger partial charge in [-0.3, -0.25) is 0 Å². The zero-order chi connectivity index (χ0) is 23.7. The summed E-state index contributed by atoms with van der Waals surface area (Å²) in [4.78, 5) is 12.3. The van der Waals surface area contributed by atoms with Crippen LogP contribution in [0.5, 0.6) is 5.75 Å². The number of fused-ring (bicyclic) bond motifs is 1. The van der Waals surface area contributed by atoms with Gasteiger partial charge in [0.25, 0.3) is 0 Å². The van der Waals surface area contributed by atoms with Gasteiger partial charge in [0.15, 0.2) is 6.29 Å². The number of phenolic OH excluding ortho intramolecular Hbond substituents is 1. The van der Waals surface area contributed by atoms with Crippen molar-refractivity contribution in [2.45, 2.75) is 43.1 Å². The number of benzene rings is 1. The van der Waals surface area contributed by atoms with Crippen LogP contribution in [0.3, 0.4) is 0 Å². The Balaban J connectivity index is 1.45. The van der Waals surface area contributed by atoms with Crippen LogP contribution in [0, 0.1) is 11.8 Å². The van der Waals surface area contributed by atoms with Gasteiger partial charge in [-0.25, -0.2) is 4.79 Å². The molecule has 2 aliphatic heterocycles. The van der Waals surface area contributed by atoms with Crippen LogP contribution < -0.4 is 0 Å². The number of carbonyl (C=O) groups is 1. The first kappa shape index (κ1) is 23.6. The third-order valence-corrected chi connectivity index (χ3v) is 6.02. The highest BCUT2D eigenvalue weighted by molar-refractivity contribution is 5.89. The molecule has 11 heteroatoms. The summed E-state index contributed by atoms with van der Waals surface area (Å²) in [6, 6.07) is 5.54. The molecule has 2 heterocycles. The van der Waals surface area contributed by atoms with E-state index >= 15 is 0 Å². The van der Waals surface area contributed by atoms with Crippen molar-refractivity contribution in [3.05, 3.63) is 53.8 Å². The van der Waals surface area contributed by atoms with Crippen LogP contribution in [0.1, 0.15) is 10.4 Å². The number of carbonyl (C=O) groups excluding carboxylic acids is 1. The van der Waals surface area contributed by atoms with E-state index < -0.39 is 67.5 Å². The molecule has 11 nitrogen and oxygen atoms in total. The molecule has 0 radical (unpaired) electrons. The Labute approximate surface area is 188 Å². The number of hydrogen-bond acceptors (Lipinski definition) is 11. The fraction of sp³-hybridized carbons (Fsp3) is 0.500. The first-order chi connectivity index (χ1) is 15.8. The molecule has 1 saturated heterocycles. The third-order valence-electron chi connectivity index (χ3n) is 6.02. The van der Waals surface area contributed by atoms with Crippen molar-refractivity contribution in [2.24, 2.45) is 11.8 Å². The molecule has 0 aromatic heterocycles. The van der Waals surface area contributed by atoms with Crippen molar-refractivity contribution >= 4 is 5.97 Å². The van der Waals surface area contributed by atoms with Gasteiger partial charge in [0, 0.05) is 5.92 Å². The molecule has 1 aromatic carbocycles. The van der Waals surface area contributed by atoms with Crippen molar-refractivity contribution in [1.82, 2.24) is 0 Å². The second-order valence-corrected chi connectivity index (χ2v) is 8.12. The molecule has 0 spiro atoms. The average molecular weight is 466 g/mol. The van der Waals surface area contributed by atoms with Crippen molar-refractivity contribution in [2.75, 3.05) is 13.2 Å². The van der Waals surface area contributed by atoms with E-state index in [1.165, 1.54) is 36.6 Å². The minimum atomic E-state index is -1.62. The second-order valence-electron chi connectivity index (χ2n) is 8.12. The molecule has 9 atom stereocenters. The lowest BCUT2D eigenvalue weighted by Crippen LogP contribution is -2.60. The molecule has 6 N–H and O–H groups in total. The lowest BCUT2D eigenvalue weighted by Gasteiger charge is -2.42. The normalized spacial score (nSPS) is 37.7. The van der Waals surface area contributed by atoms with Crippen LogP contribution in [-0.2, 0) is 18.9 Å². The predicted molar refractivity (Wildman–Crippen MR) is 108 cm³/mol. The number of esters is 1. The van der Waals surface area contributed by atoms with E-state index in [0.29, 0.717) is 5.57 Å². The molecule has 0 amide bonds. The molecule has 1 aliphatic carbocycles. The molecule has 0 saturated carbocycles. The largest absolute Gasteiger partial charge is 0.508 e. The Hall–Kier alpha value is -2.51. The summed E-state index contributed by atoms with van der Waals surface area (Å²) >= 11 is 0. The summed E-state index contributed by atoms with van der Waals surface area (Å²) in [7, 11) is 0. The summed E-state index contributed by atoms with van der Waals surface area (Å²) in [5.74, 6) is -1.69. The van der Waals surface area contributed by atoms with Crippen LogP contribution in [-0.4, -0.2) is 92.9 Å². The van der Waals surface area contributed by atoms with Gasteiger partial charge in [0.1, 0.15) is 36.8 Å². The van der Waals surface area contributed by atoms with Gasteiger partial charge in [-0.05, 0) is 35.9 Å². The summed E-state index contributed by atoms with van der Waals surface area (Å²) in [5, 5.41) is 59.4. The molecular formula is C22H26O11. The molecule has 33 heavy (non-hydrogen) atoms. The Morgan fingerprint density at radius 3 is 2.42 bits per heavy atom. The van der Waals surface area contributed by atoms with Crippen molar-refractivity contribution in [1.29, 1.82) is 0 Å². The number of aliphatic hydroxyl groups is 5. The number of phenols is 1. The third kappa shape index (κ3) is 4.75. The Morgan fingerprint density at radius 2 is 1.73 bits per heavy atom. The van der Waals surface area contributed by atoms with Crippen molar-refractivity contribution in [3.8, 4) is 5.75 Å². The first-order valence-electron chi connectivity index (χ1n) is 10.4. The lowest BCUT2D eigenvalue weighted by atomic mass is 9.88. The topological polar surface area (TPSA) is 175 Å². The SMILES string of the molecule is O=C(OCC1=C[C@@H](O)[C@@H]2C=CO[C@H](O[C@@H]3O[C@H](CO)[C@@H](O)[C@H](O)[C@H]3O)[C@H]12)c1ccc(O)cc1. The van der Waals surface area contributed by atoms with E-state index in [1.807, 2.05) is 0 Å². The minimum absolute atomic E-state index is 0.00957. The zero-order valence-electron chi connectivity index (χ0n) is 17.4. The molecule has 0 unspecified atom stereocenters. The first-order valence-corrected chi connectivity index (χ1v) is 10.4. The number of hydrogen-bond donors (Lipinski definition) is 6. The Kier molecular flexibility index (Phi) is 7.00. The number of rotatable bonds is 6. The van der Waals surface area contributed by atoms with Crippen LogP contribution >= 0.6 is 0 Å². The van der Waals surface area contributed by atoms with Crippen molar-refractivity contribution in [3.63, 3.8) is 0 Å². The second kappa shape index (κ2) is 9.77. The summed E-state index contributed by atoms with van der Waals surface area (Å²) in [6.07, 6.45) is -4.86. The summed E-state index contributed by atoms with van der Waals surface area (Å²) in [5.41, 5.74) is 0.746. The highest BCUT2D eigenvalue weighted by atomic mass is 16.8. The molecular weight excluding hydrogens is 440 g/mol. The number of aromatic hydroxyl groups is 1. The molecule has 180 valence electrons. The monoisotopic (exact) mass is 466 g/mol. The summed E-state index contributed by atoms with van der Waals surface area (Å²) in [6.45, 7) is -0.789. The van der Waals surface area contributed by atoms with Crippen LogP contribution in [0.25, 0.3) is 0 Å². The van der Waals surface area contributed by atoms with E-state index in [9.17, 15) is 35.4 Å². The number of aliphatic hydroxyl groups excluding tert-OH is 5. The van der Waals surface area contributed by atoms with Gasteiger partial charge in [-0.2, -0.15) is 0 Å². The standard InChI is InChI=1S/C22H26O11/c23-8-15-17(26)18(27)19(28)22(32-15)33-21-16-11(7-14(25)13(16)5-6-30-21)9-31-20(29)10-1-3-12(24)4-2-10/h1-7,13-19,21-28H,8-9H2/t13-,14+,15+,16+,17+,18-,19+,21+,22-/m0/s1. The van der Waals surface area contributed by atoms with E-state index in [0.717, 1.165) is 0 Å². The van der Waals surface area contributed by atoms with E-state index in [4.69, 9.17) is 18.9 Å². The quantitative estimate of drug-likeness (QED) is 0.219. The fourth-order valence-electron chi connectivity index (χ4n) is 4.19. The Bertz CT molecular complexity index is 896. The molecule has 1 aromatic rings. The van der Waals surface area contributed by atoms with Gasteiger partial charge in [-0.1, -0.05) is 6.08 Å². The molecule has 0 bridgehead atoms. The highest BCUT2D eigenvalue weighted by Crippen LogP contribution is 2.41. The number of ether oxygens (including phenoxy) is 4. The molecule has 4 rings (SSSR count). The van der Waals surface area contributed by atoms with Gasteiger partial charge >= 0.3 is 5.97 Å². The molecule has 3 aliphatic rings. The van der Waals surface area contributed by atoms with Gasteiger partial charge < -0.3 is 49.6 Å². The highest BCUT2D eigenvalue weighted by Gasteiger charge is 2.49. The lowest BCUT2D eigenvalue weighted by molar-refractivity contribution is -0.339. The fourth-order valence-corrected chi connectivity index (χ4v) is 4.19. The van der Waals surface area contributed by atoms with Crippen LogP contribution in [0.2, 0.25) is 0 Å². The van der Waals surface area contributed by atoms with Gasteiger partial charge in [0.2, 0.25) is 6.29 Å². The van der Waals surface area contributed by atoms with Crippen LogP contribution in [0.15, 0.2) is 48.3 Å². The maximum atomic E-state index is 12.3. The predicted octanol–water partition coefficient (Wildman–Crippen LogP) is -1.23. The average Bonchev–Trinajstić information content (AvgIpc) is 3.14. The van der Waals surface area contributed by atoms with E-state index in [2.05, 4.69) is 0 Å². The van der Waals surface area contributed by atoms with E-state index in [1.54, 1.807) is 6.08 Å². The summed E-state index contributed by atoms with van der Waals surface area (Å²) < 4.78 is 22.0. The minimum Gasteiger partial charge on any atom is -0.508 e. The maximum absolute atomic E-state index is 12.3. The smallest absolute Gasteiger partial charge is 0.338 e.